The van der Waals surface area contributed by atoms with Gasteiger partial charge in [-0.25, -0.2) is 4.79 Å². The summed E-state index contributed by atoms with van der Waals surface area (Å²) in [5, 5.41) is 11.0. The second-order valence-corrected chi connectivity index (χ2v) is 6.84. The van der Waals surface area contributed by atoms with E-state index in [2.05, 4.69) is 5.32 Å². The van der Waals surface area contributed by atoms with Crippen molar-refractivity contribution in [1.82, 2.24) is 9.88 Å². The Labute approximate surface area is 148 Å². The highest BCUT2D eigenvalue weighted by molar-refractivity contribution is 8.18. The van der Waals surface area contributed by atoms with Crippen LogP contribution in [0.25, 0.3) is 11.8 Å². The van der Waals surface area contributed by atoms with Crippen molar-refractivity contribution in [3.63, 3.8) is 0 Å². The standard InChI is InChI=1S/C18H16N2O4S/c1-9-6-12(17(22)23)4-5-14(9)20-10(2)7-13(11(20)3)8-15-16(21)19-18(24)25-15/h4-8H,1-3H3,(H,22,23)(H,19,21,24). The number of benzene rings is 1. The number of amides is 2. The number of carbonyl (C=O) groups excluding carboxylic acids is 2. The van der Waals surface area contributed by atoms with Gasteiger partial charge in [-0.2, -0.15) is 0 Å². The van der Waals surface area contributed by atoms with Crippen LogP contribution < -0.4 is 5.32 Å². The summed E-state index contributed by atoms with van der Waals surface area (Å²) in [6.07, 6.45) is 1.70. The van der Waals surface area contributed by atoms with E-state index in [9.17, 15) is 14.4 Å². The first kappa shape index (κ1) is 17.0. The van der Waals surface area contributed by atoms with Crippen LogP contribution in [-0.4, -0.2) is 26.8 Å². The van der Waals surface area contributed by atoms with Crippen molar-refractivity contribution >= 4 is 35.0 Å². The van der Waals surface area contributed by atoms with Crippen molar-refractivity contribution < 1.29 is 19.5 Å². The van der Waals surface area contributed by atoms with Crippen LogP contribution in [0.5, 0.6) is 0 Å². The quantitative estimate of drug-likeness (QED) is 0.823. The van der Waals surface area contributed by atoms with E-state index in [1.54, 1.807) is 24.3 Å². The number of hydrogen-bond acceptors (Lipinski definition) is 4. The zero-order valence-electron chi connectivity index (χ0n) is 13.9. The van der Waals surface area contributed by atoms with Gasteiger partial charge in [-0.15, -0.1) is 0 Å². The van der Waals surface area contributed by atoms with Gasteiger partial charge in [0.15, 0.2) is 0 Å². The molecule has 1 aromatic carbocycles. The number of rotatable bonds is 3. The molecular formula is C18H16N2O4S. The van der Waals surface area contributed by atoms with Crippen molar-refractivity contribution in [3.8, 4) is 5.69 Å². The Kier molecular flexibility index (Phi) is 4.26. The summed E-state index contributed by atoms with van der Waals surface area (Å²) in [5.74, 6) is -1.35. The highest BCUT2D eigenvalue weighted by Crippen LogP contribution is 2.30. The van der Waals surface area contributed by atoms with E-state index >= 15 is 0 Å². The summed E-state index contributed by atoms with van der Waals surface area (Å²) < 4.78 is 2.01. The van der Waals surface area contributed by atoms with Crippen LogP contribution in [0.15, 0.2) is 29.2 Å². The van der Waals surface area contributed by atoms with Crippen LogP contribution in [0.2, 0.25) is 0 Å². The summed E-state index contributed by atoms with van der Waals surface area (Å²) in [6.45, 7) is 5.72. The summed E-state index contributed by atoms with van der Waals surface area (Å²) in [6, 6.07) is 6.91. The van der Waals surface area contributed by atoms with E-state index in [-0.39, 0.29) is 16.7 Å². The van der Waals surface area contributed by atoms with Gasteiger partial charge in [0.25, 0.3) is 11.1 Å². The number of carbonyl (C=O) groups is 3. The minimum atomic E-state index is -0.963. The molecule has 6 nitrogen and oxygen atoms in total. The van der Waals surface area contributed by atoms with Gasteiger partial charge >= 0.3 is 5.97 Å². The molecule has 7 heteroatoms. The fraction of sp³-hybridized carbons (Fsp3) is 0.167. The van der Waals surface area contributed by atoms with Gasteiger partial charge in [0.1, 0.15) is 0 Å². The van der Waals surface area contributed by atoms with Gasteiger partial charge < -0.3 is 9.67 Å². The number of aromatic carboxylic acids is 1. The van der Waals surface area contributed by atoms with Crippen molar-refractivity contribution in [2.45, 2.75) is 20.8 Å². The first-order chi connectivity index (χ1) is 11.8. The summed E-state index contributed by atoms with van der Waals surface area (Å²) in [4.78, 5) is 34.5. The minimum absolute atomic E-state index is 0.239. The van der Waals surface area contributed by atoms with Crippen LogP contribution in [0.1, 0.15) is 32.9 Å². The molecule has 0 atom stereocenters. The molecule has 2 aromatic rings. The van der Waals surface area contributed by atoms with Gasteiger partial charge in [0.05, 0.1) is 10.5 Å². The van der Waals surface area contributed by atoms with E-state index in [0.717, 1.165) is 40.0 Å². The van der Waals surface area contributed by atoms with Crippen LogP contribution in [-0.2, 0) is 4.79 Å². The zero-order valence-corrected chi connectivity index (χ0v) is 14.7. The molecule has 1 aliphatic rings. The van der Waals surface area contributed by atoms with Crippen molar-refractivity contribution in [1.29, 1.82) is 0 Å². The third-order valence-electron chi connectivity index (χ3n) is 4.08. The monoisotopic (exact) mass is 356 g/mol. The Hall–Kier alpha value is -2.80. The maximum atomic E-state index is 11.7. The number of aromatic nitrogens is 1. The minimum Gasteiger partial charge on any atom is -0.478 e. The fourth-order valence-corrected chi connectivity index (χ4v) is 3.58. The average molecular weight is 356 g/mol. The first-order valence-corrected chi connectivity index (χ1v) is 8.37. The molecular weight excluding hydrogens is 340 g/mol. The molecule has 1 aromatic heterocycles. The maximum Gasteiger partial charge on any atom is 0.335 e. The first-order valence-electron chi connectivity index (χ1n) is 7.56. The SMILES string of the molecule is Cc1cc(C(=O)O)ccc1-n1c(C)cc(C=C2SC(=O)NC2=O)c1C. The second kappa shape index (κ2) is 6.25. The fourth-order valence-electron chi connectivity index (χ4n) is 2.91. The molecule has 3 rings (SSSR count). The van der Waals surface area contributed by atoms with Crippen molar-refractivity contribution in [2.75, 3.05) is 0 Å². The lowest BCUT2D eigenvalue weighted by molar-refractivity contribution is -0.115. The van der Waals surface area contributed by atoms with Crippen LogP contribution in [0.4, 0.5) is 4.79 Å². The van der Waals surface area contributed by atoms with E-state index in [0.29, 0.717) is 4.91 Å². The Morgan fingerprint density at radius 2 is 1.92 bits per heavy atom. The number of thioether (sulfide) groups is 1. The normalized spacial score (nSPS) is 15.7. The topological polar surface area (TPSA) is 88.4 Å². The van der Waals surface area contributed by atoms with Gasteiger partial charge in [0.2, 0.25) is 0 Å². The third kappa shape index (κ3) is 3.10. The molecule has 2 heterocycles. The highest BCUT2D eigenvalue weighted by Gasteiger charge is 2.25. The van der Waals surface area contributed by atoms with Gasteiger partial charge in [-0.05, 0) is 74.0 Å². The molecule has 25 heavy (non-hydrogen) atoms. The highest BCUT2D eigenvalue weighted by atomic mass is 32.2. The average Bonchev–Trinajstić information content (AvgIpc) is 2.99. The molecule has 128 valence electrons. The Bertz CT molecular complexity index is 956. The molecule has 0 unspecified atom stereocenters. The van der Waals surface area contributed by atoms with E-state index in [4.69, 9.17) is 5.11 Å². The Morgan fingerprint density at radius 1 is 1.20 bits per heavy atom. The van der Waals surface area contributed by atoms with Gasteiger partial charge in [-0.3, -0.25) is 14.9 Å². The van der Waals surface area contributed by atoms with Crippen molar-refractivity contribution in [3.05, 3.63) is 57.2 Å². The lowest BCUT2D eigenvalue weighted by Crippen LogP contribution is -2.17. The number of hydrogen-bond donors (Lipinski definition) is 2. The molecule has 1 fully saturated rings. The van der Waals surface area contributed by atoms with Gasteiger partial charge in [0, 0.05) is 17.1 Å². The summed E-state index contributed by atoms with van der Waals surface area (Å²) in [7, 11) is 0. The number of carboxylic acid groups (broad SMARTS) is 1. The molecule has 0 bridgehead atoms. The molecule has 0 radical (unpaired) electrons. The molecule has 1 saturated heterocycles. The molecule has 2 N–H and O–H groups in total. The zero-order chi connectivity index (χ0) is 18.3. The van der Waals surface area contributed by atoms with Gasteiger partial charge in [-0.1, -0.05) is 0 Å². The number of aryl methyl sites for hydroxylation is 2. The summed E-state index contributed by atoms with van der Waals surface area (Å²) >= 11 is 0.883. The molecule has 2 amide bonds. The smallest absolute Gasteiger partial charge is 0.335 e. The molecule has 0 spiro atoms. The number of nitrogens with one attached hydrogen (secondary N) is 1. The van der Waals surface area contributed by atoms with E-state index < -0.39 is 5.97 Å². The largest absolute Gasteiger partial charge is 0.478 e. The number of nitrogens with zero attached hydrogens (tertiary/aromatic N) is 1. The summed E-state index contributed by atoms with van der Waals surface area (Å²) in [5.41, 5.74) is 4.65. The molecule has 0 saturated carbocycles. The van der Waals surface area contributed by atoms with Crippen LogP contribution >= 0.6 is 11.8 Å². The second-order valence-electron chi connectivity index (χ2n) is 5.82. The van der Waals surface area contributed by atoms with Crippen LogP contribution in [0, 0.1) is 20.8 Å². The van der Waals surface area contributed by atoms with E-state index in [1.165, 1.54) is 0 Å². The van der Waals surface area contributed by atoms with E-state index in [1.807, 2.05) is 31.4 Å². The molecule has 0 aliphatic carbocycles. The number of imide groups is 1. The number of carboxylic acids is 1. The van der Waals surface area contributed by atoms with Crippen LogP contribution in [0.3, 0.4) is 0 Å². The maximum absolute atomic E-state index is 11.7. The predicted octanol–water partition coefficient (Wildman–Crippen LogP) is 3.42. The lowest BCUT2D eigenvalue weighted by atomic mass is 10.1. The Morgan fingerprint density at radius 3 is 2.48 bits per heavy atom. The molecule has 1 aliphatic heterocycles. The van der Waals surface area contributed by atoms with Crippen molar-refractivity contribution in [2.24, 2.45) is 0 Å². The Balaban J connectivity index is 2.07. The lowest BCUT2D eigenvalue weighted by Gasteiger charge is -2.13. The predicted molar refractivity (Wildman–Crippen MR) is 96.0 cm³/mol. The third-order valence-corrected chi connectivity index (χ3v) is 4.89.